The molecule has 0 amide bonds. The second-order valence-corrected chi connectivity index (χ2v) is 5.69. The molecule has 2 aromatic rings. The van der Waals surface area contributed by atoms with Crippen LogP contribution >= 0.6 is 23.6 Å². The van der Waals surface area contributed by atoms with Gasteiger partial charge in [-0.1, -0.05) is 12.2 Å². The summed E-state index contributed by atoms with van der Waals surface area (Å²) in [6, 6.07) is 0. The molecule has 4 nitrogen and oxygen atoms in total. The Balaban J connectivity index is 2.17. The predicted octanol–water partition coefficient (Wildman–Crippen LogP) is 2.95. The van der Waals surface area contributed by atoms with E-state index in [9.17, 15) is 4.79 Å². The van der Waals surface area contributed by atoms with Crippen LogP contribution in [0.2, 0.25) is 0 Å². The molecule has 2 aromatic heterocycles. The lowest BCUT2D eigenvalue weighted by atomic mass is 10.0. The molecule has 94 valence electrons. The Labute approximate surface area is 113 Å². The van der Waals surface area contributed by atoms with Crippen LogP contribution in [0.25, 0.3) is 10.2 Å². The summed E-state index contributed by atoms with van der Waals surface area (Å²) >= 11 is 6.95. The number of ether oxygens (including phenoxy) is 1. The zero-order chi connectivity index (χ0) is 12.7. The van der Waals surface area contributed by atoms with Crippen molar-refractivity contribution in [3.63, 3.8) is 0 Å². The molecule has 1 unspecified atom stereocenters. The highest BCUT2D eigenvalue weighted by Crippen LogP contribution is 2.43. The molecule has 0 spiro atoms. The lowest BCUT2D eigenvalue weighted by molar-refractivity contribution is -0.144. The van der Waals surface area contributed by atoms with Crippen molar-refractivity contribution >= 4 is 39.7 Å². The number of hydrogen-bond acceptors (Lipinski definition) is 5. The monoisotopic (exact) mass is 280 g/mol. The van der Waals surface area contributed by atoms with Gasteiger partial charge in [-0.15, -0.1) is 11.3 Å². The van der Waals surface area contributed by atoms with Gasteiger partial charge in [0.15, 0.2) is 0 Å². The van der Waals surface area contributed by atoms with Crippen LogP contribution < -0.4 is 0 Å². The van der Waals surface area contributed by atoms with Gasteiger partial charge >= 0.3 is 5.97 Å². The van der Waals surface area contributed by atoms with Gasteiger partial charge in [-0.2, -0.15) is 0 Å². The number of rotatable bonds is 2. The highest BCUT2D eigenvalue weighted by molar-refractivity contribution is 7.71. The summed E-state index contributed by atoms with van der Waals surface area (Å²) in [4.78, 5) is 21.3. The summed E-state index contributed by atoms with van der Waals surface area (Å²) in [7, 11) is 0. The van der Waals surface area contributed by atoms with Gasteiger partial charge in [-0.05, 0) is 25.3 Å². The number of H-pyrrole nitrogens is 1. The fourth-order valence-corrected chi connectivity index (χ4v) is 4.01. The maximum absolute atomic E-state index is 12.0. The highest BCUT2D eigenvalue weighted by atomic mass is 32.1. The number of nitrogens with one attached hydrogen (secondary N) is 1. The van der Waals surface area contributed by atoms with Crippen LogP contribution in [0.4, 0.5) is 0 Å². The Kier molecular flexibility index (Phi) is 2.91. The van der Waals surface area contributed by atoms with Gasteiger partial charge in [0.2, 0.25) is 0 Å². The van der Waals surface area contributed by atoms with Gasteiger partial charge in [-0.3, -0.25) is 4.79 Å². The molecular formula is C12H12N2O2S2. The molecule has 3 rings (SSSR count). The summed E-state index contributed by atoms with van der Waals surface area (Å²) in [5.41, 5.74) is 1.04. The average molecular weight is 280 g/mol. The first-order valence-electron chi connectivity index (χ1n) is 5.88. The Morgan fingerprint density at radius 2 is 2.56 bits per heavy atom. The summed E-state index contributed by atoms with van der Waals surface area (Å²) < 4.78 is 5.80. The van der Waals surface area contributed by atoms with E-state index < -0.39 is 0 Å². The van der Waals surface area contributed by atoms with Crippen molar-refractivity contribution in [1.29, 1.82) is 0 Å². The summed E-state index contributed by atoms with van der Waals surface area (Å²) in [6.07, 6.45) is 3.34. The molecule has 18 heavy (non-hydrogen) atoms. The number of aryl methyl sites for hydroxylation is 1. The predicted molar refractivity (Wildman–Crippen MR) is 72.5 cm³/mol. The molecule has 0 fully saturated rings. The Morgan fingerprint density at radius 3 is 3.33 bits per heavy atom. The largest absolute Gasteiger partial charge is 0.466 e. The highest BCUT2D eigenvalue weighted by Gasteiger charge is 2.34. The van der Waals surface area contributed by atoms with Gasteiger partial charge in [-0.25, -0.2) is 4.98 Å². The number of nitrogens with zero attached hydrogens (tertiary/aromatic N) is 1. The number of carbonyl (C=O) groups excluding carboxylic acids is 1. The van der Waals surface area contributed by atoms with Gasteiger partial charge in [0.05, 0.1) is 24.2 Å². The molecule has 1 atom stereocenters. The minimum atomic E-state index is -0.173. The topological polar surface area (TPSA) is 55.0 Å². The number of hydrogen-bond donors (Lipinski definition) is 1. The van der Waals surface area contributed by atoms with Crippen molar-refractivity contribution in [2.75, 3.05) is 6.61 Å². The van der Waals surface area contributed by atoms with E-state index in [1.165, 1.54) is 4.88 Å². The minimum Gasteiger partial charge on any atom is -0.466 e. The first kappa shape index (κ1) is 11.8. The Hall–Kier alpha value is -1.27. The number of carbonyl (C=O) groups is 1. The lowest BCUT2D eigenvalue weighted by Gasteiger charge is -2.09. The third-order valence-electron chi connectivity index (χ3n) is 3.19. The summed E-state index contributed by atoms with van der Waals surface area (Å²) in [5, 5.41) is 0.933. The van der Waals surface area contributed by atoms with Crippen LogP contribution in [-0.2, 0) is 16.0 Å². The van der Waals surface area contributed by atoms with E-state index in [-0.39, 0.29) is 11.9 Å². The maximum atomic E-state index is 12.0. The second-order valence-electron chi connectivity index (χ2n) is 4.19. The molecule has 1 aliphatic rings. The third kappa shape index (κ3) is 1.67. The van der Waals surface area contributed by atoms with Crippen molar-refractivity contribution in [3.05, 3.63) is 21.4 Å². The fraction of sp³-hybridized carbons (Fsp3) is 0.417. The molecule has 0 aromatic carbocycles. The van der Waals surface area contributed by atoms with E-state index in [1.807, 2.05) is 6.92 Å². The van der Waals surface area contributed by atoms with Crippen LogP contribution in [0.5, 0.6) is 0 Å². The van der Waals surface area contributed by atoms with Crippen molar-refractivity contribution in [2.45, 2.75) is 25.7 Å². The smallest absolute Gasteiger partial charge is 0.313 e. The minimum absolute atomic E-state index is 0.144. The quantitative estimate of drug-likeness (QED) is 0.679. The number of aromatic nitrogens is 2. The molecule has 0 aliphatic heterocycles. The number of fused-ring (bicyclic) bond motifs is 3. The van der Waals surface area contributed by atoms with Crippen LogP contribution in [0.15, 0.2) is 6.33 Å². The van der Waals surface area contributed by atoms with Crippen LogP contribution in [-0.4, -0.2) is 22.5 Å². The SMILES string of the molecule is CCOC(=O)C1CCc2sc3nc[nH]c(=S)c3c21. The molecule has 1 N–H and O–H groups in total. The molecule has 0 saturated heterocycles. The van der Waals surface area contributed by atoms with E-state index in [2.05, 4.69) is 9.97 Å². The second kappa shape index (κ2) is 4.44. The van der Waals surface area contributed by atoms with Crippen molar-refractivity contribution < 1.29 is 9.53 Å². The van der Waals surface area contributed by atoms with Crippen molar-refractivity contribution in [3.8, 4) is 0 Å². The van der Waals surface area contributed by atoms with E-state index in [1.54, 1.807) is 17.7 Å². The van der Waals surface area contributed by atoms with Crippen molar-refractivity contribution in [1.82, 2.24) is 9.97 Å². The average Bonchev–Trinajstić information content (AvgIpc) is 2.87. The van der Waals surface area contributed by atoms with E-state index in [4.69, 9.17) is 17.0 Å². The van der Waals surface area contributed by atoms with E-state index >= 15 is 0 Å². The number of aromatic amines is 1. The van der Waals surface area contributed by atoms with Crippen molar-refractivity contribution in [2.24, 2.45) is 0 Å². The van der Waals surface area contributed by atoms with Crippen LogP contribution in [0, 0.1) is 4.64 Å². The first-order valence-corrected chi connectivity index (χ1v) is 7.10. The van der Waals surface area contributed by atoms with Crippen LogP contribution in [0.3, 0.4) is 0 Å². The molecule has 0 saturated carbocycles. The van der Waals surface area contributed by atoms with E-state index in [0.717, 1.165) is 28.6 Å². The molecule has 2 heterocycles. The van der Waals surface area contributed by atoms with Gasteiger partial charge in [0.25, 0.3) is 0 Å². The number of esters is 1. The molecular weight excluding hydrogens is 268 g/mol. The first-order chi connectivity index (χ1) is 8.72. The fourth-order valence-electron chi connectivity index (χ4n) is 2.46. The van der Waals surface area contributed by atoms with Crippen LogP contribution in [0.1, 0.15) is 29.7 Å². The van der Waals surface area contributed by atoms with Gasteiger partial charge < -0.3 is 9.72 Å². The van der Waals surface area contributed by atoms with Gasteiger partial charge in [0.1, 0.15) is 9.47 Å². The molecule has 0 radical (unpaired) electrons. The lowest BCUT2D eigenvalue weighted by Crippen LogP contribution is -2.13. The summed E-state index contributed by atoms with van der Waals surface area (Å²) in [6.45, 7) is 2.24. The number of thiophene rings is 1. The van der Waals surface area contributed by atoms with Gasteiger partial charge in [0, 0.05) is 4.88 Å². The zero-order valence-corrected chi connectivity index (χ0v) is 11.5. The molecule has 1 aliphatic carbocycles. The zero-order valence-electron chi connectivity index (χ0n) is 9.86. The third-order valence-corrected chi connectivity index (χ3v) is 4.68. The normalized spacial score (nSPS) is 17.9. The Morgan fingerprint density at radius 1 is 1.72 bits per heavy atom. The standard InChI is InChI=1S/C12H12N2O2S2/c1-2-16-12(15)6-3-4-7-8(6)9-10(17)13-5-14-11(9)18-7/h5-6H,2-4H2,1H3,(H,13,14,17). The molecule has 0 bridgehead atoms. The summed E-state index contributed by atoms with van der Waals surface area (Å²) in [5.74, 6) is -0.317. The maximum Gasteiger partial charge on any atom is 0.313 e. The molecule has 6 heteroatoms. The Bertz CT molecular complexity index is 674. The van der Waals surface area contributed by atoms with E-state index in [0.29, 0.717) is 11.2 Å².